The van der Waals surface area contributed by atoms with Gasteiger partial charge < -0.3 is 14.7 Å². The Labute approximate surface area is 105 Å². The average Bonchev–Trinajstić information content (AvgIpc) is 2.36. The molecule has 0 atom stereocenters. The molecule has 6 nitrogen and oxygen atoms in total. The van der Waals surface area contributed by atoms with E-state index in [9.17, 15) is 9.59 Å². The van der Waals surface area contributed by atoms with Crippen molar-refractivity contribution in [3.63, 3.8) is 0 Å². The molecule has 0 aromatic carbocycles. The predicted octanol–water partition coefficient (Wildman–Crippen LogP) is 1.17. The standard InChI is InChI=1S/C12H16N2O4/c1-3-18-12(17)9-4-5-10(13-8-9)14(2)7-6-11(15)16/h4-5,8H,3,6-7H2,1-2H3,(H,15,16). The number of aliphatic carboxylic acids is 1. The molecule has 6 heteroatoms. The number of anilines is 1. The van der Waals surface area contributed by atoms with Gasteiger partial charge in [0.1, 0.15) is 5.82 Å². The fourth-order valence-corrected chi connectivity index (χ4v) is 1.32. The van der Waals surface area contributed by atoms with Crippen LogP contribution in [0.3, 0.4) is 0 Å². The molecule has 18 heavy (non-hydrogen) atoms. The SMILES string of the molecule is CCOC(=O)c1ccc(N(C)CCC(=O)O)nc1. The van der Waals surface area contributed by atoms with Gasteiger partial charge in [-0.15, -0.1) is 0 Å². The lowest BCUT2D eigenvalue weighted by Gasteiger charge is -2.16. The maximum atomic E-state index is 11.4. The van der Waals surface area contributed by atoms with Crippen LogP contribution in [0, 0.1) is 0 Å². The third-order valence-electron chi connectivity index (χ3n) is 2.31. The second-order valence-corrected chi connectivity index (χ2v) is 3.69. The molecule has 0 bridgehead atoms. The molecular weight excluding hydrogens is 236 g/mol. The zero-order chi connectivity index (χ0) is 13.5. The number of carbonyl (C=O) groups is 2. The number of carboxylic acid groups (broad SMARTS) is 1. The van der Waals surface area contributed by atoms with Crippen molar-refractivity contribution in [1.82, 2.24) is 4.98 Å². The Balaban J connectivity index is 2.64. The second-order valence-electron chi connectivity index (χ2n) is 3.69. The Kier molecular flexibility index (Phi) is 5.10. The summed E-state index contributed by atoms with van der Waals surface area (Å²) in [4.78, 5) is 27.6. The van der Waals surface area contributed by atoms with Crippen LogP contribution in [0.5, 0.6) is 0 Å². The van der Waals surface area contributed by atoms with Crippen LogP contribution in [0.1, 0.15) is 23.7 Å². The number of esters is 1. The molecule has 0 aliphatic heterocycles. The van der Waals surface area contributed by atoms with Crippen LogP contribution < -0.4 is 4.90 Å². The minimum absolute atomic E-state index is 0.0395. The number of nitrogens with zero attached hydrogens (tertiary/aromatic N) is 2. The van der Waals surface area contributed by atoms with Gasteiger partial charge in [-0.1, -0.05) is 0 Å². The largest absolute Gasteiger partial charge is 0.481 e. The lowest BCUT2D eigenvalue weighted by Crippen LogP contribution is -2.22. The number of aromatic nitrogens is 1. The molecule has 0 fully saturated rings. The number of carboxylic acids is 1. The lowest BCUT2D eigenvalue weighted by atomic mass is 10.3. The summed E-state index contributed by atoms with van der Waals surface area (Å²) >= 11 is 0. The van der Waals surface area contributed by atoms with E-state index < -0.39 is 11.9 Å². The summed E-state index contributed by atoms with van der Waals surface area (Å²) in [5, 5.41) is 8.58. The number of hydrogen-bond donors (Lipinski definition) is 1. The first-order valence-corrected chi connectivity index (χ1v) is 5.60. The first-order valence-electron chi connectivity index (χ1n) is 5.60. The minimum Gasteiger partial charge on any atom is -0.481 e. The smallest absolute Gasteiger partial charge is 0.339 e. The van der Waals surface area contributed by atoms with Crippen LogP contribution in [0.25, 0.3) is 0 Å². The first-order chi connectivity index (χ1) is 8.54. The van der Waals surface area contributed by atoms with Gasteiger partial charge in [-0.25, -0.2) is 9.78 Å². The van der Waals surface area contributed by atoms with Crippen molar-refractivity contribution in [2.45, 2.75) is 13.3 Å². The molecule has 1 aromatic rings. The van der Waals surface area contributed by atoms with E-state index in [2.05, 4.69) is 4.98 Å². The molecular formula is C12H16N2O4. The van der Waals surface area contributed by atoms with Crippen LogP contribution in [0.4, 0.5) is 5.82 Å². The Morgan fingerprint density at radius 1 is 1.44 bits per heavy atom. The van der Waals surface area contributed by atoms with E-state index in [0.29, 0.717) is 24.5 Å². The fourth-order valence-electron chi connectivity index (χ4n) is 1.32. The van der Waals surface area contributed by atoms with Crippen molar-refractivity contribution < 1.29 is 19.4 Å². The molecule has 0 saturated carbocycles. The van der Waals surface area contributed by atoms with Crippen LogP contribution in [-0.2, 0) is 9.53 Å². The molecule has 1 aromatic heterocycles. The Morgan fingerprint density at radius 2 is 2.17 bits per heavy atom. The van der Waals surface area contributed by atoms with Crippen molar-refractivity contribution in [2.75, 3.05) is 25.1 Å². The number of pyridine rings is 1. The Hall–Kier alpha value is -2.11. The van der Waals surface area contributed by atoms with Crippen LogP contribution in [0.15, 0.2) is 18.3 Å². The number of hydrogen-bond acceptors (Lipinski definition) is 5. The average molecular weight is 252 g/mol. The maximum absolute atomic E-state index is 11.4. The minimum atomic E-state index is -0.856. The highest BCUT2D eigenvalue weighted by Crippen LogP contribution is 2.10. The van der Waals surface area contributed by atoms with Gasteiger partial charge in [0.25, 0.3) is 0 Å². The Bertz CT molecular complexity index is 417. The molecule has 0 saturated heterocycles. The van der Waals surface area contributed by atoms with E-state index in [-0.39, 0.29) is 6.42 Å². The van der Waals surface area contributed by atoms with Crippen molar-refractivity contribution in [3.05, 3.63) is 23.9 Å². The first kappa shape index (κ1) is 14.0. The number of rotatable bonds is 6. The van der Waals surface area contributed by atoms with E-state index in [1.807, 2.05) is 0 Å². The van der Waals surface area contributed by atoms with E-state index in [1.54, 1.807) is 31.0 Å². The summed E-state index contributed by atoms with van der Waals surface area (Å²) in [7, 11) is 1.75. The van der Waals surface area contributed by atoms with Gasteiger partial charge in [0.15, 0.2) is 0 Å². The predicted molar refractivity (Wildman–Crippen MR) is 65.7 cm³/mol. The van der Waals surface area contributed by atoms with E-state index in [4.69, 9.17) is 9.84 Å². The van der Waals surface area contributed by atoms with Crippen LogP contribution in [0.2, 0.25) is 0 Å². The second kappa shape index (κ2) is 6.58. The van der Waals surface area contributed by atoms with Gasteiger partial charge in [0.2, 0.25) is 0 Å². The number of carbonyl (C=O) groups excluding carboxylic acids is 1. The molecule has 1 rings (SSSR count). The highest BCUT2D eigenvalue weighted by atomic mass is 16.5. The van der Waals surface area contributed by atoms with Gasteiger partial charge in [-0.05, 0) is 19.1 Å². The monoisotopic (exact) mass is 252 g/mol. The molecule has 0 spiro atoms. The highest BCUT2D eigenvalue weighted by Gasteiger charge is 2.09. The summed E-state index contributed by atoms with van der Waals surface area (Å²) in [6.45, 7) is 2.42. The third kappa shape index (κ3) is 4.04. The normalized spacial score (nSPS) is 9.89. The molecule has 0 aliphatic rings. The van der Waals surface area contributed by atoms with Gasteiger partial charge in [0, 0.05) is 19.8 Å². The molecule has 0 unspecified atom stereocenters. The van der Waals surface area contributed by atoms with Crippen LogP contribution in [-0.4, -0.2) is 42.2 Å². The zero-order valence-corrected chi connectivity index (χ0v) is 10.4. The molecule has 0 radical (unpaired) electrons. The van der Waals surface area contributed by atoms with Gasteiger partial charge >= 0.3 is 11.9 Å². The summed E-state index contributed by atoms with van der Waals surface area (Å²) < 4.78 is 4.84. The van der Waals surface area contributed by atoms with Gasteiger partial charge in [-0.3, -0.25) is 4.79 Å². The van der Waals surface area contributed by atoms with E-state index in [0.717, 1.165) is 0 Å². The molecule has 0 aliphatic carbocycles. The lowest BCUT2D eigenvalue weighted by molar-refractivity contribution is -0.136. The molecule has 1 N–H and O–H groups in total. The zero-order valence-electron chi connectivity index (χ0n) is 10.4. The quantitative estimate of drug-likeness (QED) is 0.765. The highest BCUT2D eigenvalue weighted by molar-refractivity contribution is 5.89. The summed E-state index contributed by atoms with van der Waals surface area (Å²) in [6, 6.07) is 3.27. The topological polar surface area (TPSA) is 79.7 Å². The van der Waals surface area contributed by atoms with Gasteiger partial charge in [0.05, 0.1) is 18.6 Å². The number of ether oxygens (including phenoxy) is 1. The summed E-state index contributed by atoms with van der Waals surface area (Å²) in [5.74, 6) is -0.654. The molecule has 98 valence electrons. The van der Waals surface area contributed by atoms with Crippen molar-refractivity contribution >= 4 is 17.8 Å². The van der Waals surface area contributed by atoms with Crippen LogP contribution >= 0.6 is 0 Å². The molecule has 1 heterocycles. The van der Waals surface area contributed by atoms with Crippen molar-refractivity contribution in [2.24, 2.45) is 0 Å². The molecule has 0 amide bonds. The third-order valence-corrected chi connectivity index (χ3v) is 2.31. The van der Waals surface area contributed by atoms with Crippen molar-refractivity contribution in [1.29, 1.82) is 0 Å². The maximum Gasteiger partial charge on any atom is 0.339 e. The van der Waals surface area contributed by atoms with E-state index in [1.165, 1.54) is 6.20 Å². The van der Waals surface area contributed by atoms with Crippen molar-refractivity contribution in [3.8, 4) is 0 Å². The van der Waals surface area contributed by atoms with Gasteiger partial charge in [-0.2, -0.15) is 0 Å². The summed E-state index contributed by atoms with van der Waals surface area (Å²) in [6.07, 6.45) is 1.46. The Morgan fingerprint density at radius 3 is 2.67 bits per heavy atom. The van der Waals surface area contributed by atoms with E-state index >= 15 is 0 Å². The fraction of sp³-hybridized carbons (Fsp3) is 0.417. The summed E-state index contributed by atoms with van der Waals surface area (Å²) in [5.41, 5.74) is 0.382.